The Kier molecular flexibility index (Phi) is 6.32. The number of likely N-dealkylation sites (tertiary alicyclic amines) is 1. The van der Waals surface area contributed by atoms with Gasteiger partial charge in [0.1, 0.15) is 0 Å². The fraction of sp³-hybridized carbons (Fsp3) is 0.385. The summed E-state index contributed by atoms with van der Waals surface area (Å²) in [5.74, 6) is 0.976. The summed E-state index contributed by atoms with van der Waals surface area (Å²) in [5, 5.41) is 0. The third kappa shape index (κ3) is 4.48. The van der Waals surface area contributed by atoms with Gasteiger partial charge in [-0.05, 0) is 54.4 Å². The molecule has 0 aliphatic carbocycles. The smallest absolute Gasteiger partial charge is 0.227 e. The van der Waals surface area contributed by atoms with Crippen molar-refractivity contribution in [3.63, 3.8) is 0 Å². The van der Waals surface area contributed by atoms with Crippen molar-refractivity contribution in [1.82, 2.24) is 4.90 Å². The first kappa shape index (κ1) is 20.4. The Morgan fingerprint density at radius 3 is 2.57 bits per heavy atom. The Hall–Kier alpha value is -2.88. The second-order valence-corrected chi connectivity index (χ2v) is 8.32. The van der Waals surface area contributed by atoms with Crippen molar-refractivity contribution < 1.29 is 9.59 Å². The Morgan fingerprint density at radius 1 is 1.07 bits per heavy atom. The lowest BCUT2D eigenvalue weighted by atomic mass is 9.89. The molecule has 1 saturated heterocycles. The van der Waals surface area contributed by atoms with Gasteiger partial charge in [0.25, 0.3) is 0 Å². The fourth-order valence-electron chi connectivity index (χ4n) is 4.69. The van der Waals surface area contributed by atoms with Gasteiger partial charge in [-0.1, -0.05) is 48.5 Å². The van der Waals surface area contributed by atoms with Gasteiger partial charge in [-0.2, -0.15) is 0 Å². The minimum Gasteiger partial charge on any atom is -0.343 e. The lowest BCUT2D eigenvalue weighted by Crippen LogP contribution is -2.38. The van der Waals surface area contributed by atoms with E-state index in [1.165, 1.54) is 16.7 Å². The highest BCUT2D eigenvalue weighted by Crippen LogP contribution is 2.30. The number of hydrogen-bond donors (Lipinski definition) is 0. The van der Waals surface area contributed by atoms with Crippen molar-refractivity contribution in [3.05, 3.63) is 77.9 Å². The monoisotopic (exact) mass is 402 g/mol. The minimum absolute atomic E-state index is 0.157. The van der Waals surface area contributed by atoms with Crippen LogP contribution < -0.4 is 4.90 Å². The highest BCUT2D eigenvalue weighted by atomic mass is 16.2. The van der Waals surface area contributed by atoms with Crippen molar-refractivity contribution in [3.8, 4) is 0 Å². The molecule has 2 aromatic carbocycles. The molecule has 0 spiro atoms. The molecule has 0 bridgehead atoms. The minimum atomic E-state index is 0.157. The van der Waals surface area contributed by atoms with Crippen LogP contribution in [-0.4, -0.2) is 36.3 Å². The molecule has 0 atom stereocenters. The third-order valence-corrected chi connectivity index (χ3v) is 6.40. The molecule has 0 aromatic heterocycles. The van der Waals surface area contributed by atoms with E-state index in [4.69, 9.17) is 0 Å². The van der Waals surface area contributed by atoms with Crippen LogP contribution in [0.15, 0.2) is 61.2 Å². The number of anilines is 1. The third-order valence-electron chi connectivity index (χ3n) is 6.40. The van der Waals surface area contributed by atoms with E-state index in [1.54, 1.807) is 11.0 Å². The van der Waals surface area contributed by atoms with E-state index in [2.05, 4.69) is 49.0 Å². The molecule has 4 rings (SSSR count). The molecular formula is C26H30N2O2. The molecule has 30 heavy (non-hydrogen) atoms. The summed E-state index contributed by atoms with van der Waals surface area (Å²) >= 11 is 0. The predicted molar refractivity (Wildman–Crippen MR) is 121 cm³/mol. The van der Waals surface area contributed by atoms with Crippen LogP contribution in [0.25, 0.3) is 0 Å². The molecule has 1 fully saturated rings. The number of carbonyl (C=O) groups is 2. The Bertz CT molecular complexity index is 914. The number of carbonyl (C=O) groups excluding carboxylic acids is 2. The molecule has 2 aromatic rings. The van der Waals surface area contributed by atoms with Gasteiger partial charge in [0, 0.05) is 38.2 Å². The molecule has 4 nitrogen and oxygen atoms in total. The molecule has 0 unspecified atom stereocenters. The first-order valence-corrected chi connectivity index (χ1v) is 11.0. The average molecular weight is 403 g/mol. The number of rotatable bonds is 6. The second kappa shape index (κ2) is 9.29. The maximum atomic E-state index is 12.7. The summed E-state index contributed by atoms with van der Waals surface area (Å²) in [6.45, 7) is 6.00. The van der Waals surface area contributed by atoms with E-state index in [-0.39, 0.29) is 11.8 Å². The topological polar surface area (TPSA) is 40.6 Å². The molecule has 2 amide bonds. The zero-order valence-electron chi connectivity index (χ0n) is 17.6. The van der Waals surface area contributed by atoms with Crippen LogP contribution in [0, 0.1) is 0 Å². The lowest BCUT2D eigenvalue weighted by Gasteiger charge is -2.32. The highest BCUT2D eigenvalue weighted by Gasteiger charge is 2.25. The molecule has 0 saturated carbocycles. The standard InChI is InChI=1S/C26H30N2O2/c1-2-16-28-24-11-8-20(19-23(24)10-13-26(28)30)9-12-25(29)27-17-14-22(15-18-27)21-6-4-3-5-7-21/h2-8,11,19,22H,1,9-10,12-18H2. The Morgan fingerprint density at radius 2 is 1.83 bits per heavy atom. The molecule has 2 heterocycles. The van der Waals surface area contributed by atoms with Gasteiger partial charge in [-0.15, -0.1) is 6.58 Å². The summed E-state index contributed by atoms with van der Waals surface area (Å²) in [7, 11) is 0. The zero-order valence-corrected chi connectivity index (χ0v) is 17.6. The molecule has 2 aliphatic heterocycles. The maximum absolute atomic E-state index is 12.7. The Balaban J connectivity index is 1.31. The van der Waals surface area contributed by atoms with Crippen molar-refractivity contribution in [2.45, 2.75) is 44.4 Å². The van der Waals surface area contributed by atoms with Crippen molar-refractivity contribution in [2.75, 3.05) is 24.5 Å². The molecule has 156 valence electrons. The number of aryl methyl sites for hydroxylation is 2. The van der Waals surface area contributed by atoms with Crippen LogP contribution in [0.3, 0.4) is 0 Å². The number of benzene rings is 2. The van der Waals surface area contributed by atoms with E-state index >= 15 is 0 Å². The number of nitrogens with zero attached hydrogens (tertiary/aromatic N) is 2. The van der Waals surface area contributed by atoms with Gasteiger partial charge in [0.05, 0.1) is 0 Å². The normalized spacial score (nSPS) is 17.0. The lowest BCUT2D eigenvalue weighted by molar-refractivity contribution is -0.132. The molecule has 2 aliphatic rings. The zero-order chi connectivity index (χ0) is 20.9. The molecule has 0 N–H and O–H groups in total. The van der Waals surface area contributed by atoms with Gasteiger partial charge >= 0.3 is 0 Å². The van der Waals surface area contributed by atoms with Crippen LogP contribution in [0.5, 0.6) is 0 Å². The Labute approximate surface area is 179 Å². The number of hydrogen-bond acceptors (Lipinski definition) is 2. The summed E-state index contributed by atoms with van der Waals surface area (Å²) in [5.41, 5.74) is 4.76. The van der Waals surface area contributed by atoms with Gasteiger partial charge in [0.15, 0.2) is 0 Å². The van der Waals surface area contributed by atoms with Gasteiger partial charge in [0.2, 0.25) is 11.8 Å². The largest absolute Gasteiger partial charge is 0.343 e. The van der Waals surface area contributed by atoms with Crippen molar-refractivity contribution in [1.29, 1.82) is 0 Å². The van der Waals surface area contributed by atoms with Crippen LogP contribution >= 0.6 is 0 Å². The van der Waals surface area contributed by atoms with Crippen molar-refractivity contribution >= 4 is 17.5 Å². The van der Waals surface area contributed by atoms with E-state index < -0.39 is 0 Å². The first-order chi connectivity index (χ1) is 14.7. The number of amides is 2. The molecule has 4 heteroatoms. The first-order valence-electron chi connectivity index (χ1n) is 11.0. The summed E-state index contributed by atoms with van der Waals surface area (Å²) in [6, 6.07) is 16.9. The van der Waals surface area contributed by atoms with E-state index in [0.29, 0.717) is 25.3 Å². The van der Waals surface area contributed by atoms with Gasteiger partial charge in [-0.25, -0.2) is 0 Å². The fourth-order valence-corrected chi connectivity index (χ4v) is 4.69. The average Bonchev–Trinajstić information content (AvgIpc) is 2.80. The van der Waals surface area contributed by atoms with Crippen LogP contribution in [0.4, 0.5) is 5.69 Å². The highest BCUT2D eigenvalue weighted by molar-refractivity contribution is 5.96. The van der Waals surface area contributed by atoms with E-state index in [0.717, 1.165) is 44.5 Å². The SMILES string of the molecule is C=CCN1C(=O)CCc2cc(CCC(=O)N3CCC(c4ccccc4)CC3)ccc21. The van der Waals surface area contributed by atoms with Crippen LogP contribution in [0.2, 0.25) is 0 Å². The quantitative estimate of drug-likeness (QED) is 0.668. The van der Waals surface area contributed by atoms with E-state index in [9.17, 15) is 9.59 Å². The number of fused-ring (bicyclic) bond motifs is 1. The maximum Gasteiger partial charge on any atom is 0.227 e. The van der Waals surface area contributed by atoms with Crippen LogP contribution in [-0.2, 0) is 22.4 Å². The number of piperidine rings is 1. The van der Waals surface area contributed by atoms with Crippen LogP contribution in [0.1, 0.15) is 48.3 Å². The van der Waals surface area contributed by atoms with Crippen molar-refractivity contribution in [2.24, 2.45) is 0 Å². The molecule has 0 radical (unpaired) electrons. The van der Waals surface area contributed by atoms with E-state index in [1.807, 2.05) is 11.0 Å². The summed E-state index contributed by atoms with van der Waals surface area (Å²) < 4.78 is 0. The molecular weight excluding hydrogens is 372 g/mol. The predicted octanol–water partition coefficient (Wildman–Crippen LogP) is 4.49. The summed E-state index contributed by atoms with van der Waals surface area (Å²) in [6.07, 6.45) is 6.46. The summed E-state index contributed by atoms with van der Waals surface area (Å²) in [4.78, 5) is 28.7. The van der Waals surface area contributed by atoms with Gasteiger partial charge in [-0.3, -0.25) is 9.59 Å². The van der Waals surface area contributed by atoms with Gasteiger partial charge < -0.3 is 9.80 Å². The second-order valence-electron chi connectivity index (χ2n) is 8.32.